The van der Waals surface area contributed by atoms with Gasteiger partial charge in [0.2, 0.25) is 0 Å². The lowest BCUT2D eigenvalue weighted by Crippen LogP contribution is -2.39. The van der Waals surface area contributed by atoms with Crippen molar-refractivity contribution in [1.82, 2.24) is 25.4 Å². The molecular formula is C27H26N6O2. The summed E-state index contributed by atoms with van der Waals surface area (Å²) in [4.78, 5) is 14.0. The predicted octanol–water partition coefficient (Wildman–Crippen LogP) is 4.63. The number of aryl methyl sites for hydroxylation is 2. The maximum Gasteiger partial charge on any atom is 0.187 e. The third-order valence-electron chi connectivity index (χ3n) is 6.63. The second kappa shape index (κ2) is 9.28. The minimum atomic E-state index is -0.589. The van der Waals surface area contributed by atoms with E-state index >= 15 is 0 Å². The molecule has 5 rings (SSSR count). The van der Waals surface area contributed by atoms with Crippen molar-refractivity contribution in [1.29, 1.82) is 5.26 Å². The number of benzene rings is 1. The van der Waals surface area contributed by atoms with Gasteiger partial charge in [0.05, 0.1) is 36.5 Å². The zero-order valence-electron chi connectivity index (χ0n) is 20.0. The number of methoxy groups -OCH3 is 1. The van der Waals surface area contributed by atoms with Crippen LogP contribution < -0.4 is 10.1 Å². The molecule has 8 nitrogen and oxygen atoms in total. The van der Waals surface area contributed by atoms with E-state index < -0.39 is 5.41 Å². The van der Waals surface area contributed by atoms with E-state index in [0.717, 1.165) is 59.8 Å². The number of ether oxygens (including phenoxy) is 1. The van der Waals surface area contributed by atoms with Gasteiger partial charge in [0.1, 0.15) is 22.6 Å². The van der Waals surface area contributed by atoms with Gasteiger partial charge in [-0.1, -0.05) is 17.3 Å². The van der Waals surface area contributed by atoms with Crippen LogP contribution in [0.25, 0.3) is 34.0 Å². The molecule has 0 spiro atoms. The van der Waals surface area contributed by atoms with E-state index in [9.17, 15) is 5.26 Å². The molecule has 1 fully saturated rings. The highest BCUT2D eigenvalue weighted by molar-refractivity contribution is 5.74. The van der Waals surface area contributed by atoms with Crippen LogP contribution in [0.15, 0.2) is 53.3 Å². The Morgan fingerprint density at radius 2 is 1.91 bits per heavy atom. The Balaban J connectivity index is 1.53. The number of nitriles is 1. The molecule has 0 radical (unpaired) electrons. The normalized spacial score (nSPS) is 14.9. The number of aromatic nitrogens is 4. The molecular weight excluding hydrogens is 440 g/mol. The first kappa shape index (κ1) is 22.7. The Hall–Kier alpha value is -4.09. The highest BCUT2D eigenvalue weighted by Gasteiger charge is 2.35. The SMILES string of the molecule is COc1cccc(C)c1-c1cc(-c2nc(-c3ccnc(C4(C#N)CCNCC4)c3)cnc2C)on1. The molecule has 3 aromatic heterocycles. The Bertz CT molecular complexity index is 1420. The van der Waals surface area contributed by atoms with Gasteiger partial charge in [-0.3, -0.25) is 9.97 Å². The van der Waals surface area contributed by atoms with E-state index in [-0.39, 0.29) is 0 Å². The molecule has 1 aliphatic rings. The largest absolute Gasteiger partial charge is 0.496 e. The molecule has 0 unspecified atom stereocenters. The monoisotopic (exact) mass is 466 g/mol. The van der Waals surface area contributed by atoms with Crippen molar-refractivity contribution < 1.29 is 9.26 Å². The minimum Gasteiger partial charge on any atom is -0.496 e. The van der Waals surface area contributed by atoms with Crippen LogP contribution in [0, 0.1) is 25.2 Å². The van der Waals surface area contributed by atoms with E-state index in [1.165, 1.54) is 0 Å². The first-order chi connectivity index (χ1) is 17.0. The van der Waals surface area contributed by atoms with Gasteiger partial charge in [0.15, 0.2) is 5.76 Å². The lowest BCUT2D eigenvalue weighted by Gasteiger charge is -2.30. The topological polar surface area (TPSA) is 110 Å². The van der Waals surface area contributed by atoms with Gasteiger partial charge in [0.25, 0.3) is 0 Å². The zero-order valence-corrected chi connectivity index (χ0v) is 20.0. The second-order valence-electron chi connectivity index (χ2n) is 8.79. The van der Waals surface area contributed by atoms with Gasteiger partial charge in [0, 0.05) is 23.4 Å². The summed E-state index contributed by atoms with van der Waals surface area (Å²) in [7, 11) is 1.64. The third-order valence-corrected chi connectivity index (χ3v) is 6.63. The molecule has 1 aromatic carbocycles. The average Bonchev–Trinajstić information content (AvgIpc) is 3.38. The lowest BCUT2D eigenvalue weighted by molar-refractivity contribution is 0.375. The fraction of sp³-hybridized carbons (Fsp3) is 0.296. The number of nitrogens with zero attached hydrogens (tertiary/aromatic N) is 5. The Kier molecular flexibility index (Phi) is 6.01. The quantitative estimate of drug-likeness (QED) is 0.453. The van der Waals surface area contributed by atoms with Crippen LogP contribution in [-0.4, -0.2) is 40.3 Å². The van der Waals surface area contributed by atoms with Gasteiger partial charge >= 0.3 is 0 Å². The van der Waals surface area contributed by atoms with Crippen molar-refractivity contribution in [2.75, 3.05) is 20.2 Å². The average molecular weight is 467 g/mol. The molecule has 4 heterocycles. The first-order valence-corrected chi connectivity index (χ1v) is 11.6. The number of nitrogens with one attached hydrogen (secondary N) is 1. The highest BCUT2D eigenvalue weighted by Crippen LogP contribution is 2.36. The predicted molar refractivity (Wildman–Crippen MR) is 132 cm³/mol. The Morgan fingerprint density at radius 3 is 2.69 bits per heavy atom. The van der Waals surface area contributed by atoms with Crippen LogP contribution in [0.4, 0.5) is 0 Å². The maximum absolute atomic E-state index is 9.96. The minimum absolute atomic E-state index is 0.526. The van der Waals surface area contributed by atoms with Gasteiger partial charge in [-0.25, -0.2) is 4.98 Å². The third kappa shape index (κ3) is 4.15. The molecule has 35 heavy (non-hydrogen) atoms. The molecule has 1 N–H and O–H groups in total. The molecule has 4 aromatic rings. The van der Waals surface area contributed by atoms with E-state index in [0.29, 0.717) is 22.8 Å². The summed E-state index contributed by atoms with van der Waals surface area (Å²) in [5.41, 5.74) is 5.67. The molecule has 1 aliphatic heterocycles. The van der Waals surface area contributed by atoms with Crippen LogP contribution in [0.5, 0.6) is 5.75 Å². The zero-order chi connectivity index (χ0) is 24.4. The Morgan fingerprint density at radius 1 is 1.09 bits per heavy atom. The summed E-state index contributed by atoms with van der Waals surface area (Å²) in [5.74, 6) is 1.26. The van der Waals surface area contributed by atoms with E-state index in [1.54, 1.807) is 19.5 Å². The molecule has 0 atom stereocenters. The molecule has 8 heteroatoms. The molecule has 0 aliphatic carbocycles. The number of piperidine rings is 1. The van der Waals surface area contributed by atoms with Crippen LogP contribution >= 0.6 is 0 Å². The molecule has 176 valence electrons. The molecule has 0 saturated carbocycles. The number of hydrogen-bond donors (Lipinski definition) is 1. The molecule has 0 amide bonds. The van der Waals surface area contributed by atoms with Crippen LogP contribution in [-0.2, 0) is 5.41 Å². The summed E-state index contributed by atoms with van der Waals surface area (Å²) >= 11 is 0. The van der Waals surface area contributed by atoms with E-state index in [2.05, 4.69) is 26.5 Å². The van der Waals surface area contributed by atoms with Crippen molar-refractivity contribution in [2.24, 2.45) is 0 Å². The van der Waals surface area contributed by atoms with E-state index in [1.807, 2.05) is 50.2 Å². The number of pyridine rings is 1. The van der Waals surface area contributed by atoms with Crippen molar-refractivity contribution in [3.05, 3.63) is 65.7 Å². The number of rotatable bonds is 5. The second-order valence-corrected chi connectivity index (χ2v) is 8.79. The van der Waals surface area contributed by atoms with Crippen LogP contribution in [0.3, 0.4) is 0 Å². The van der Waals surface area contributed by atoms with Crippen molar-refractivity contribution in [3.63, 3.8) is 0 Å². The maximum atomic E-state index is 9.96. The summed E-state index contributed by atoms with van der Waals surface area (Å²) in [6, 6.07) is 14.1. The van der Waals surface area contributed by atoms with E-state index in [4.69, 9.17) is 14.2 Å². The summed E-state index contributed by atoms with van der Waals surface area (Å²) in [5, 5.41) is 17.6. The Labute approximate surface area is 204 Å². The highest BCUT2D eigenvalue weighted by atomic mass is 16.5. The van der Waals surface area contributed by atoms with Crippen molar-refractivity contribution in [3.8, 4) is 45.8 Å². The van der Waals surface area contributed by atoms with Gasteiger partial charge in [-0.2, -0.15) is 5.26 Å². The first-order valence-electron chi connectivity index (χ1n) is 11.6. The fourth-order valence-corrected chi connectivity index (χ4v) is 4.60. The summed E-state index contributed by atoms with van der Waals surface area (Å²) in [6.07, 6.45) is 4.94. The smallest absolute Gasteiger partial charge is 0.187 e. The summed E-state index contributed by atoms with van der Waals surface area (Å²) in [6.45, 7) is 5.50. The van der Waals surface area contributed by atoms with Gasteiger partial charge in [-0.05, 0) is 63.5 Å². The van der Waals surface area contributed by atoms with Crippen molar-refractivity contribution in [2.45, 2.75) is 32.1 Å². The van der Waals surface area contributed by atoms with Crippen LogP contribution in [0.1, 0.15) is 29.8 Å². The fourth-order valence-electron chi connectivity index (χ4n) is 4.60. The lowest BCUT2D eigenvalue weighted by atomic mass is 9.77. The molecule has 0 bridgehead atoms. The number of hydrogen-bond acceptors (Lipinski definition) is 8. The van der Waals surface area contributed by atoms with Crippen molar-refractivity contribution >= 4 is 0 Å². The van der Waals surface area contributed by atoms with Crippen LogP contribution in [0.2, 0.25) is 0 Å². The van der Waals surface area contributed by atoms with Gasteiger partial charge in [-0.15, -0.1) is 0 Å². The molecule has 1 saturated heterocycles. The van der Waals surface area contributed by atoms with Gasteiger partial charge < -0.3 is 14.6 Å². The summed E-state index contributed by atoms with van der Waals surface area (Å²) < 4.78 is 11.2. The standard InChI is InChI=1S/C27H26N6O2/c1-17-5-4-6-22(34-3)25(17)20-14-23(35-33-20)26-18(2)31-15-21(32-26)19-7-10-30-24(13-19)27(16-28)8-11-29-12-9-27/h4-7,10,13-15,29H,8-9,11-12H2,1-3H3.